The van der Waals surface area contributed by atoms with E-state index in [-0.39, 0.29) is 22.9 Å². The first-order valence-electron chi connectivity index (χ1n) is 13.9. The van der Waals surface area contributed by atoms with E-state index in [2.05, 4.69) is 137 Å². The van der Waals surface area contributed by atoms with Crippen LogP contribution in [0.1, 0.15) is 78.1 Å². The smallest absolute Gasteiger partial charge is 0.137 e. The second kappa shape index (κ2) is 7.24. The lowest BCUT2D eigenvalue weighted by Crippen LogP contribution is -2.45. The van der Waals surface area contributed by atoms with E-state index in [4.69, 9.17) is 4.74 Å². The van der Waals surface area contributed by atoms with Gasteiger partial charge in [0, 0.05) is 16.7 Å². The van der Waals surface area contributed by atoms with Crippen LogP contribution in [0.15, 0.2) is 115 Å². The summed E-state index contributed by atoms with van der Waals surface area (Å²) in [5.41, 5.74) is 13.1. The number of ether oxygens (including phenoxy) is 1. The Morgan fingerprint density at radius 3 is 1.76 bits per heavy atom. The van der Waals surface area contributed by atoms with Gasteiger partial charge in [0.1, 0.15) is 5.60 Å². The van der Waals surface area contributed by atoms with Crippen LogP contribution in [0, 0.1) is 0 Å². The molecule has 1 nitrogen and oxygen atoms in total. The molecule has 0 radical (unpaired) electrons. The molecular formula is C37H32O. The minimum atomic E-state index is -0.645. The standard InChI is InChI=1S/C37H32O/c1-35(2)27-18-11-17-25-26-21-22-37(23-13-7-5-8-14-23,24-15-9-6-10-16-24)38-34(26)33-32(30(25)27)31-28(35)19-12-20-29(31)36(33,3)4/h5-22,26,34H,1-4H3. The Bertz CT molecular complexity index is 1640. The SMILES string of the molecule is CC1(C)C2=C3c4c(cccc4C(C)(C)c4cccc1c43)C1C=CC(c3ccccc3)(c3ccccc3)OC21. The largest absolute Gasteiger partial charge is 0.353 e. The third-order valence-corrected chi connectivity index (χ3v) is 9.85. The summed E-state index contributed by atoms with van der Waals surface area (Å²) in [4.78, 5) is 0. The molecule has 0 saturated carbocycles. The van der Waals surface area contributed by atoms with Gasteiger partial charge in [0.15, 0.2) is 0 Å². The molecule has 4 aliphatic rings. The summed E-state index contributed by atoms with van der Waals surface area (Å²) in [6.07, 6.45) is 4.72. The van der Waals surface area contributed by atoms with Crippen LogP contribution in [0.4, 0.5) is 0 Å². The molecule has 186 valence electrons. The summed E-state index contributed by atoms with van der Waals surface area (Å²) in [5, 5.41) is 0. The van der Waals surface area contributed by atoms with Crippen molar-refractivity contribution in [2.45, 2.75) is 56.1 Å². The first-order chi connectivity index (χ1) is 18.4. The lowest BCUT2D eigenvalue weighted by Gasteiger charge is -2.48. The van der Waals surface area contributed by atoms with Gasteiger partial charge in [-0.3, -0.25) is 0 Å². The monoisotopic (exact) mass is 492 g/mol. The second-order valence-corrected chi connectivity index (χ2v) is 12.4. The lowest BCUT2D eigenvalue weighted by atomic mass is 9.62. The third-order valence-electron chi connectivity index (χ3n) is 9.85. The summed E-state index contributed by atoms with van der Waals surface area (Å²) in [7, 11) is 0. The van der Waals surface area contributed by atoms with Gasteiger partial charge in [-0.15, -0.1) is 0 Å². The van der Waals surface area contributed by atoms with Crippen molar-refractivity contribution in [3.8, 4) is 0 Å². The Balaban J connectivity index is 1.45. The zero-order chi connectivity index (χ0) is 25.9. The van der Waals surface area contributed by atoms with Crippen LogP contribution in [-0.4, -0.2) is 6.10 Å². The molecule has 38 heavy (non-hydrogen) atoms. The first kappa shape index (κ1) is 22.3. The Labute approximate surface area is 225 Å². The third kappa shape index (κ3) is 2.56. The number of hydrogen-bond donors (Lipinski definition) is 0. The highest BCUT2D eigenvalue weighted by Crippen LogP contribution is 2.64. The molecule has 2 atom stereocenters. The van der Waals surface area contributed by atoms with Gasteiger partial charge in [-0.2, -0.15) is 0 Å². The number of fused-ring (bicyclic) bond motifs is 3. The molecule has 0 aromatic heterocycles. The van der Waals surface area contributed by atoms with E-state index in [0.29, 0.717) is 0 Å². The summed E-state index contributed by atoms with van der Waals surface area (Å²) in [6, 6.07) is 35.4. The van der Waals surface area contributed by atoms with Gasteiger partial charge in [-0.1, -0.05) is 131 Å². The average Bonchev–Trinajstić information content (AvgIpc) is 3.20. The van der Waals surface area contributed by atoms with Gasteiger partial charge in [0.2, 0.25) is 0 Å². The van der Waals surface area contributed by atoms with Gasteiger partial charge < -0.3 is 4.74 Å². The van der Waals surface area contributed by atoms with Gasteiger partial charge in [0.05, 0.1) is 6.10 Å². The van der Waals surface area contributed by atoms with Gasteiger partial charge in [-0.05, 0) is 61.7 Å². The van der Waals surface area contributed by atoms with Crippen LogP contribution in [0.3, 0.4) is 0 Å². The van der Waals surface area contributed by atoms with Gasteiger partial charge >= 0.3 is 0 Å². The molecule has 0 spiro atoms. The normalized spacial score (nSPS) is 24.1. The van der Waals surface area contributed by atoms with Crippen LogP contribution in [-0.2, 0) is 21.2 Å². The molecule has 1 heteroatoms. The molecule has 0 amide bonds. The maximum absolute atomic E-state index is 7.55. The van der Waals surface area contributed by atoms with E-state index in [1.165, 1.54) is 55.7 Å². The molecule has 0 bridgehead atoms. The van der Waals surface area contributed by atoms with Crippen molar-refractivity contribution in [2.75, 3.05) is 0 Å². The zero-order valence-corrected chi connectivity index (χ0v) is 22.5. The summed E-state index contributed by atoms with van der Waals surface area (Å²) < 4.78 is 7.55. The summed E-state index contributed by atoms with van der Waals surface area (Å²) >= 11 is 0. The van der Waals surface area contributed by atoms with E-state index in [1.54, 1.807) is 0 Å². The molecule has 4 aromatic rings. The van der Waals surface area contributed by atoms with Crippen molar-refractivity contribution >= 4 is 5.57 Å². The molecule has 0 saturated heterocycles. The lowest BCUT2D eigenvalue weighted by molar-refractivity contribution is -0.0452. The molecule has 1 heterocycles. The van der Waals surface area contributed by atoms with Crippen LogP contribution in [0.2, 0.25) is 0 Å². The molecule has 8 rings (SSSR count). The summed E-state index contributed by atoms with van der Waals surface area (Å²) in [5.74, 6) is 0.176. The fourth-order valence-electron chi connectivity index (χ4n) is 8.03. The predicted octanol–water partition coefficient (Wildman–Crippen LogP) is 8.42. The molecule has 0 fully saturated rings. The molecule has 4 aromatic carbocycles. The summed E-state index contributed by atoms with van der Waals surface area (Å²) in [6.45, 7) is 9.62. The topological polar surface area (TPSA) is 9.23 Å². The van der Waals surface area contributed by atoms with Crippen LogP contribution in [0.25, 0.3) is 5.57 Å². The van der Waals surface area contributed by atoms with Crippen LogP contribution >= 0.6 is 0 Å². The minimum absolute atomic E-state index is 0.0460. The zero-order valence-electron chi connectivity index (χ0n) is 22.5. The van der Waals surface area contributed by atoms with Crippen molar-refractivity contribution in [3.63, 3.8) is 0 Å². The number of rotatable bonds is 2. The number of hydrogen-bond acceptors (Lipinski definition) is 1. The van der Waals surface area contributed by atoms with E-state index < -0.39 is 5.60 Å². The Morgan fingerprint density at radius 1 is 0.579 bits per heavy atom. The highest BCUT2D eigenvalue weighted by Gasteiger charge is 2.55. The highest BCUT2D eigenvalue weighted by molar-refractivity contribution is 5.98. The quantitative estimate of drug-likeness (QED) is 0.255. The minimum Gasteiger partial charge on any atom is -0.353 e. The predicted molar refractivity (Wildman–Crippen MR) is 154 cm³/mol. The van der Waals surface area contributed by atoms with E-state index in [9.17, 15) is 0 Å². The second-order valence-electron chi connectivity index (χ2n) is 12.4. The molecular weight excluding hydrogens is 460 g/mol. The van der Waals surface area contributed by atoms with Crippen LogP contribution in [0.5, 0.6) is 0 Å². The van der Waals surface area contributed by atoms with Gasteiger partial charge in [-0.25, -0.2) is 0 Å². The van der Waals surface area contributed by atoms with E-state index in [1.807, 2.05) is 0 Å². The molecule has 2 unspecified atom stereocenters. The van der Waals surface area contributed by atoms with Crippen molar-refractivity contribution in [2.24, 2.45) is 0 Å². The van der Waals surface area contributed by atoms with E-state index >= 15 is 0 Å². The molecule has 3 aliphatic carbocycles. The average molecular weight is 493 g/mol. The van der Waals surface area contributed by atoms with Crippen molar-refractivity contribution in [1.29, 1.82) is 0 Å². The van der Waals surface area contributed by atoms with Crippen LogP contribution < -0.4 is 0 Å². The maximum Gasteiger partial charge on any atom is 0.137 e. The van der Waals surface area contributed by atoms with Crippen molar-refractivity contribution in [3.05, 3.63) is 159 Å². The van der Waals surface area contributed by atoms with E-state index in [0.717, 1.165) is 0 Å². The molecule has 1 aliphatic heterocycles. The Hall–Kier alpha value is -3.68. The highest BCUT2D eigenvalue weighted by atomic mass is 16.5. The molecule has 0 N–H and O–H groups in total. The maximum atomic E-state index is 7.55. The van der Waals surface area contributed by atoms with Gasteiger partial charge in [0.25, 0.3) is 0 Å². The fourth-order valence-corrected chi connectivity index (χ4v) is 8.03. The number of benzene rings is 4. The van der Waals surface area contributed by atoms with Crippen molar-refractivity contribution in [1.82, 2.24) is 0 Å². The van der Waals surface area contributed by atoms with Crippen molar-refractivity contribution < 1.29 is 4.74 Å². The Kier molecular flexibility index (Phi) is 4.25. The Morgan fingerprint density at radius 2 is 1.13 bits per heavy atom. The fraction of sp³-hybridized carbons (Fsp3) is 0.243. The first-order valence-corrected chi connectivity index (χ1v) is 13.9.